The predicted octanol–water partition coefficient (Wildman–Crippen LogP) is 2.46. The Hall–Kier alpha value is -1.86. The summed E-state index contributed by atoms with van der Waals surface area (Å²) in [5.41, 5.74) is -1.74. The van der Waals surface area contributed by atoms with Crippen LogP contribution in [0.25, 0.3) is 10.9 Å². The van der Waals surface area contributed by atoms with Crippen LogP contribution in [0, 0.1) is 0 Å². The van der Waals surface area contributed by atoms with Crippen molar-refractivity contribution in [3.05, 3.63) is 36.0 Å². The van der Waals surface area contributed by atoms with E-state index < -0.39 is 27.0 Å². The first-order chi connectivity index (χ1) is 10.0. The minimum absolute atomic E-state index is 0.156. The summed E-state index contributed by atoms with van der Waals surface area (Å²) in [7, 11) is -3.70. The van der Waals surface area contributed by atoms with E-state index in [9.17, 15) is 18.3 Å². The number of aliphatic hydroxyl groups excluding tert-OH is 1. The van der Waals surface area contributed by atoms with Gasteiger partial charge in [0.2, 0.25) is 0 Å². The number of sulfone groups is 1. The average Bonchev–Trinajstić information content (AvgIpc) is 2.74. The second-order valence-electron chi connectivity index (χ2n) is 6.13. The number of benzene rings is 1. The standard InChI is InChI=1S/C15H19NO5S/c1-15(2,3)21-14(18)16-9-11(13(17)22(4,19)20)10-7-5-6-8-12(10)16/h5-9,13,17H,1-4H3. The number of carbonyl (C=O) groups is 1. The topological polar surface area (TPSA) is 85.6 Å². The van der Waals surface area contributed by atoms with E-state index in [1.165, 1.54) is 10.8 Å². The van der Waals surface area contributed by atoms with Gasteiger partial charge in [0, 0.05) is 23.4 Å². The zero-order chi connectivity index (χ0) is 16.7. The quantitative estimate of drug-likeness (QED) is 0.916. The van der Waals surface area contributed by atoms with Crippen LogP contribution in [0.1, 0.15) is 31.8 Å². The molecule has 0 saturated carbocycles. The molecule has 2 aromatic rings. The van der Waals surface area contributed by atoms with Crippen LogP contribution in [-0.2, 0) is 14.6 Å². The van der Waals surface area contributed by atoms with E-state index in [1.807, 2.05) is 0 Å². The predicted molar refractivity (Wildman–Crippen MR) is 83.4 cm³/mol. The lowest BCUT2D eigenvalue weighted by atomic mass is 10.2. The van der Waals surface area contributed by atoms with E-state index in [0.717, 1.165) is 6.26 Å². The molecule has 0 radical (unpaired) electrons. The Bertz CT molecular complexity index is 814. The molecule has 1 heterocycles. The molecular formula is C15H19NO5S. The lowest BCUT2D eigenvalue weighted by Crippen LogP contribution is -2.26. The highest BCUT2D eigenvalue weighted by Crippen LogP contribution is 2.29. The molecule has 0 fully saturated rings. The lowest BCUT2D eigenvalue weighted by Gasteiger charge is -2.19. The van der Waals surface area contributed by atoms with Gasteiger partial charge in [0.05, 0.1) is 5.52 Å². The Morgan fingerprint density at radius 2 is 1.86 bits per heavy atom. The fraction of sp³-hybridized carbons (Fsp3) is 0.400. The minimum Gasteiger partial charge on any atom is -0.443 e. The van der Waals surface area contributed by atoms with E-state index in [1.54, 1.807) is 45.0 Å². The SMILES string of the molecule is CC(C)(C)OC(=O)n1cc(C(O)S(C)(=O)=O)c2ccccc21. The first-order valence-corrected chi connectivity index (χ1v) is 8.66. The van der Waals surface area contributed by atoms with E-state index in [2.05, 4.69) is 0 Å². The molecule has 7 heteroatoms. The van der Waals surface area contributed by atoms with Gasteiger partial charge < -0.3 is 9.84 Å². The van der Waals surface area contributed by atoms with Crippen molar-refractivity contribution in [3.8, 4) is 0 Å². The van der Waals surface area contributed by atoms with Crippen molar-refractivity contribution >= 4 is 26.8 Å². The van der Waals surface area contributed by atoms with Crippen molar-refractivity contribution in [1.29, 1.82) is 0 Å². The van der Waals surface area contributed by atoms with E-state index in [-0.39, 0.29) is 5.56 Å². The number of hydrogen-bond donors (Lipinski definition) is 1. The third-order valence-electron chi connectivity index (χ3n) is 3.00. The average molecular weight is 325 g/mol. The molecule has 1 unspecified atom stereocenters. The smallest absolute Gasteiger partial charge is 0.419 e. The summed E-state index contributed by atoms with van der Waals surface area (Å²) in [5, 5.41) is 10.5. The van der Waals surface area contributed by atoms with Crippen molar-refractivity contribution in [1.82, 2.24) is 4.57 Å². The number of rotatable bonds is 2. The fourth-order valence-corrected chi connectivity index (χ4v) is 2.74. The molecule has 0 amide bonds. The van der Waals surface area contributed by atoms with Crippen molar-refractivity contribution < 1.29 is 23.1 Å². The lowest BCUT2D eigenvalue weighted by molar-refractivity contribution is 0.0544. The summed E-state index contributed by atoms with van der Waals surface area (Å²) < 4.78 is 29.7. The molecule has 0 aliphatic carbocycles. The number of aromatic nitrogens is 1. The molecule has 22 heavy (non-hydrogen) atoms. The molecule has 1 N–H and O–H groups in total. The maximum absolute atomic E-state index is 12.3. The molecule has 0 saturated heterocycles. The van der Waals surface area contributed by atoms with E-state index in [4.69, 9.17) is 4.74 Å². The molecule has 0 bridgehead atoms. The van der Waals surface area contributed by atoms with Crippen LogP contribution in [0.4, 0.5) is 4.79 Å². The van der Waals surface area contributed by atoms with Gasteiger partial charge in [0.25, 0.3) is 0 Å². The van der Waals surface area contributed by atoms with Crippen molar-refractivity contribution in [2.75, 3.05) is 6.26 Å². The van der Waals surface area contributed by atoms with Crippen molar-refractivity contribution in [2.24, 2.45) is 0 Å². The van der Waals surface area contributed by atoms with Gasteiger partial charge in [-0.1, -0.05) is 18.2 Å². The van der Waals surface area contributed by atoms with E-state index >= 15 is 0 Å². The van der Waals surface area contributed by atoms with Crippen LogP contribution in [0.5, 0.6) is 0 Å². The Balaban J connectivity index is 2.61. The number of para-hydroxylation sites is 1. The highest BCUT2D eigenvalue weighted by Gasteiger charge is 2.27. The molecule has 6 nitrogen and oxygen atoms in total. The summed E-state index contributed by atoms with van der Waals surface area (Å²) in [6, 6.07) is 6.75. The number of nitrogens with zero attached hydrogens (tertiary/aromatic N) is 1. The second-order valence-corrected chi connectivity index (χ2v) is 8.24. The molecule has 0 spiro atoms. The third kappa shape index (κ3) is 3.31. The van der Waals surface area contributed by atoms with Crippen LogP contribution < -0.4 is 0 Å². The highest BCUT2D eigenvalue weighted by atomic mass is 32.2. The Labute approximate surface area is 129 Å². The molecule has 1 aromatic heterocycles. The van der Waals surface area contributed by atoms with Gasteiger partial charge in [0.1, 0.15) is 5.60 Å². The maximum atomic E-state index is 12.3. The van der Waals surface area contributed by atoms with Gasteiger partial charge in [0.15, 0.2) is 15.3 Å². The molecule has 1 aromatic carbocycles. The summed E-state index contributed by atoms with van der Waals surface area (Å²) in [6.07, 6.45) is 1.62. The van der Waals surface area contributed by atoms with Gasteiger partial charge in [-0.2, -0.15) is 0 Å². The summed E-state index contributed by atoms with van der Waals surface area (Å²) in [4.78, 5) is 12.3. The maximum Gasteiger partial charge on any atom is 0.419 e. The summed E-state index contributed by atoms with van der Waals surface area (Å²) >= 11 is 0. The van der Waals surface area contributed by atoms with Crippen molar-refractivity contribution in [2.45, 2.75) is 31.8 Å². The zero-order valence-electron chi connectivity index (χ0n) is 12.9. The van der Waals surface area contributed by atoms with Crippen LogP contribution >= 0.6 is 0 Å². The number of fused-ring (bicyclic) bond motifs is 1. The number of aliphatic hydroxyl groups is 1. The first kappa shape index (κ1) is 16.5. The molecule has 0 aliphatic rings. The normalized spacial score (nSPS) is 14.0. The van der Waals surface area contributed by atoms with E-state index in [0.29, 0.717) is 10.9 Å². The molecule has 120 valence electrons. The summed E-state index contributed by atoms with van der Waals surface area (Å²) in [6.45, 7) is 5.22. The number of ether oxygens (including phenoxy) is 1. The third-order valence-corrected chi connectivity index (χ3v) is 4.07. The number of hydrogen-bond acceptors (Lipinski definition) is 5. The van der Waals surface area contributed by atoms with Crippen LogP contribution in [0.3, 0.4) is 0 Å². The molecule has 1 atom stereocenters. The zero-order valence-corrected chi connectivity index (χ0v) is 13.7. The van der Waals surface area contributed by atoms with Gasteiger partial charge >= 0.3 is 6.09 Å². The first-order valence-electron chi connectivity index (χ1n) is 6.71. The molecular weight excluding hydrogens is 306 g/mol. The van der Waals surface area contributed by atoms with Gasteiger partial charge in [-0.05, 0) is 26.8 Å². The van der Waals surface area contributed by atoms with Gasteiger partial charge in [-0.3, -0.25) is 4.57 Å². The van der Waals surface area contributed by atoms with Crippen LogP contribution in [0.15, 0.2) is 30.5 Å². The van der Waals surface area contributed by atoms with Gasteiger partial charge in [-0.15, -0.1) is 0 Å². The Kier molecular flexibility index (Phi) is 4.06. The van der Waals surface area contributed by atoms with Gasteiger partial charge in [-0.25, -0.2) is 13.2 Å². The largest absolute Gasteiger partial charge is 0.443 e. The molecule has 2 rings (SSSR count). The number of carbonyl (C=O) groups excluding carboxylic acids is 1. The highest BCUT2D eigenvalue weighted by molar-refractivity contribution is 7.90. The second kappa shape index (κ2) is 5.40. The monoisotopic (exact) mass is 325 g/mol. The van der Waals surface area contributed by atoms with Crippen LogP contribution in [-0.4, -0.2) is 36.0 Å². The molecule has 0 aliphatic heterocycles. The summed E-state index contributed by atoms with van der Waals surface area (Å²) in [5.74, 6) is 0. The van der Waals surface area contributed by atoms with Crippen LogP contribution in [0.2, 0.25) is 0 Å². The van der Waals surface area contributed by atoms with Crippen molar-refractivity contribution in [3.63, 3.8) is 0 Å². The Morgan fingerprint density at radius 3 is 2.41 bits per heavy atom. The minimum atomic E-state index is -3.70. The Morgan fingerprint density at radius 1 is 1.27 bits per heavy atom. The fourth-order valence-electron chi connectivity index (χ4n) is 2.10.